The van der Waals surface area contributed by atoms with Gasteiger partial charge in [-0.25, -0.2) is 24.5 Å². The molecule has 2 aromatic carbocycles. The number of thiazole rings is 2. The zero-order chi connectivity index (χ0) is 39.1. The van der Waals surface area contributed by atoms with E-state index in [4.69, 9.17) is 21.7 Å². The average molecular weight is 880 g/mol. The van der Waals surface area contributed by atoms with Crippen LogP contribution in [0, 0.1) is 4.77 Å². The van der Waals surface area contributed by atoms with Crippen molar-refractivity contribution in [3.63, 3.8) is 0 Å². The molecule has 0 unspecified atom stereocenters. The number of fused-ring (bicyclic) bond motifs is 2. The molecule has 0 amide bonds. The number of ether oxygens (including phenoxy) is 4. The Morgan fingerprint density at radius 3 is 1.83 bits per heavy atom. The molecule has 0 fully saturated rings. The van der Waals surface area contributed by atoms with Gasteiger partial charge >= 0.3 is 25.2 Å². The van der Waals surface area contributed by atoms with Crippen LogP contribution >= 0.6 is 62.6 Å². The molecule has 6 aromatic rings. The van der Waals surface area contributed by atoms with E-state index in [1.807, 2.05) is 20.8 Å². The molecule has 3 N–H and O–H groups in total. The molecule has 12 nitrogen and oxygen atoms in total. The Balaban J connectivity index is 0.000000196. The van der Waals surface area contributed by atoms with E-state index in [2.05, 4.69) is 55.3 Å². The summed E-state index contributed by atoms with van der Waals surface area (Å²) in [6.07, 6.45) is 0. The highest BCUT2D eigenvalue weighted by Gasteiger charge is 2.21. The number of hydrogen-bond donors (Lipinski definition) is 3. The second-order valence-corrected chi connectivity index (χ2v) is 17.0. The van der Waals surface area contributed by atoms with Crippen molar-refractivity contribution in [2.24, 2.45) is 0 Å². The molecule has 284 valence electrons. The van der Waals surface area contributed by atoms with Gasteiger partial charge < -0.3 is 33.9 Å². The molecule has 4 heterocycles. The molecule has 0 spiro atoms. The van der Waals surface area contributed by atoms with Crippen LogP contribution in [0.4, 0.5) is 17.6 Å². The third-order valence-corrected chi connectivity index (χ3v) is 9.12. The summed E-state index contributed by atoms with van der Waals surface area (Å²) in [6, 6.07) is 9.00. The number of benzene rings is 2. The summed E-state index contributed by atoms with van der Waals surface area (Å²) in [4.78, 5) is 44.6. The molecule has 4 aromatic heterocycles. The van der Waals surface area contributed by atoms with E-state index in [-0.39, 0.29) is 23.2 Å². The van der Waals surface area contributed by atoms with E-state index in [0.717, 1.165) is 5.52 Å². The summed E-state index contributed by atoms with van der Waals surface area (Å²) >= 11 is 11.9. The molecule has 0 saturated carbocycles. The molecule has 0 radical (unpaired) electrons. The SMILES string of the molecule is CC(C)(C)OC(=O)c1csc(Br)n1.CC(C)(C)OC(=O)c1csc(Sc2nc3ccc(OC(F)F)cc3[nH]2)n1.FC(F)Oc1ccc2[nH]c(=S)[nH]c2c1. The number of imidazole rings is 2. The van der Waals surface area contributed by atoms with E-state index in [1.165, 1.54) is 58.7 Å². The average Bonchev–Trinajstić information content (AvgIpc) is 3.82. The van der Waals surface area contributed by atoms with Gasteiger partial charge in [0.2, 0.25) is 0 Å². The summed E-state index contributed by atoms with van der Waals surface area (Å²) in [5.41, 5.74) is 2.11. The highest BCUT2D eigenvalue weighted by molar-refractivity contribution is 9.11. The quantitative estimate of drug-likeness (QED) is 0.0759. The number of nitrogens with zero attached hydrogens (tertiary/aromatic N) is 3. The fourth-order valence-electron chi connectivity index (χ4n) is 3.86. The number of esters is 2. The van der Waals surface area contributed by atoms with Gasteiger partial charge in [0.15, 0.2) is 29.6 Å². The van der Waals surface area contributed by atoms with Gasteiger partial charge in [-0.3, -0.25) is 0 Å². The molecular formula is C32H31BrF4N6O6S4. The van der Waals surface area contributed by atoms with Gasteiger partial charge in [0.25, 0.3) is 0 Å². The van der Waals surface area contributed by atoms with Crippen molar-refractivity contribution >= 4 is 96.6 Å². The normalized spacial score (nSPS) is 11.6. The molecule has 0 bridgehead atoms. The second kappa shape index (κ2) is 17.9. The molecule has 0 atom stereocenters. The fourth-order valence-corrected chi connectivity index (χ4v) is 6.77. The minimum atomic E-state index is -2.88. The van der Waals surface area contributed by atoms with Crippen LogP contribution in [0.5, 0.6) is 11.5 Å². The lowest BCUT2D eigenvalue weighted by atomic mass is 10.2. The number of carbonyl (C=O) groups is 2. The van der Waals surface area contributed by atoms with Crippen LogP contribution in [0.15, 0.2) is 60.6 Å². The van der Waals surface area contributed by atoms with E-state index in [0.29, 0.717) is 40.4 Å². The van der Waals surface area contributed by atoms with Crippen molar-refractivity contribution < 1.29 is 46.1 Å². The van der Waals surface area contributed by atoms with E-state index in [1.54, 1.807) is 43.7 Å². The summed E-state index contributed by atoms with van der Waals surface area (Å²) in [5, 5.41) is 3.81. The van der Waals surface area contributed by atoms with Crippen molar-refractivity contribution in [1.29, 1.82) is 0 Å². The monoisotopic (exact) mass is 878 g/mol. The standard InChI is InChI=1S/C16H15F2N3O3S2.C8H10BrNO2S.C8H6F2N2OS/c1-16(2,3)24-12(22)11-7-25-15(21-11)26-14-19-9-5-4-8(23-13(17)18)6-10(9)20-14;1-8(2,3)12-6(11)5-4-13-7(9)10-5;9-7(10)13-4-1-2-5-6(3-4)12-8(14)11-5/h4-7,13H,1-3H3,(H,19,20);4H,1-3H3;1-3,7H,(H2,11,12,14). The minimum absolute atomic E-state index is 0.0501. The zero-order valence-electron chi connectivity index (χ0n) is 28.6. The number of H-pyrrole nitrogens is 3. The van der Waals surface area contributed by atoms with Crippen molar-refractivity contribution in [3.05, 3.63) is 67.2 Å². The first kappa shape index (κ1) is 41.7. The van der Waals surface area contributed by atoms with Crippen LogP contribution in [-0.4, -0.2) is 66.3 Å². The van der Waals surface area contributed by atoms with Crippen LogP contribution < -0.4 is 9.47 Å². The Labute approximate surface area is 325 Å². The fraction of sp³-hybridized carbons (Fsp3) is 0.312. The van der Waals surface area contributed by atoms with E-state index < -0.39 is 30.4 Å². The van der Waals surface area contributed by atoms with Crippen LogP contribution in [0.2, 0.25) is 0 Å². The third kappa shape index (κ3) is 13.7. The summed E-state index contributed by atoms with van der Waals surface area (Å²) in [7, 11) is 0. The number of aromatic amines is 3. The van der Waals surface area contributed by atoms with Crippen LogP contribution in [0.25, 0.3) is 22.1 Å². The first-order chi connectivity index (χ1) is 24.7. The molecular weight excluding hydrogens is 849 g/mol. The largest absolute Gasteiger partial charge is 0.455 e. The lowest BCUT2D eigenvalue weighted by Crippen LogP contribution is -2.24. The summed E-state index contributed by atoms with van der Waals surface area (Å²) in [6.45, 7) is 5.14. The van der Waals surface area contributed by atoms with Crippen LogP contribution in [0.3, 0.4) is 0 Å². The Hall–Kier alpha value is -4.05. The van der Waals surface area contributed by atoms with Gasteiger partial charge in [-0.15, -0.1) is 22.7 Å². The van der Waals surface area contributed by atoms with Gasteiger partial charge in [-0.2, -0.15) is 17.6 Å². The van der Waals surface area contributed by atoms with Crippen molar-refractivity contribution in [3.8, 4) is 11.5 Å². The number of nitrogens with one attached hydrogen (secondary N) is 3. The highest BCUT2D eigenvalue weighted by Crippen LogP contribution is 2.31. The number of halogens is 5. The minimum Gasteiger partial charge on any atom is -0.455 e. The molecule has 0 aliphatic rings. The molecule has 53 heavy (non-hydrogen) atoms. The molecule has 6 rings (SSSR count). The predicted octanol–water partition coefficient (Wildman–Crippen LogP) is 10.4. The number of aromatic nitrogens is 6. The number of alkyl halides is 4. The second-order valence-electron chi connectivity index (χ2n) is 12.4. The smallest absolute Gasteiger partial charge is 0.387 e. The number of rotatable bonds is 8. The molecule has 21 heteroatoms. The van der Waals surface area contributed by atoms with Gasteiger partial charge in [0, 0.05) is 22.9 Å². The molecule has 0 aliphatic carbocycles. The summed E-state index contributed by atoms with van der Waals surface area (Å²) in [5.74, 6) is -0.708. The number of carbonyl (C=O) groups excluding carboxylic acids is 2. The van der Waals surface area contributed by atoms with Gasteiger partial charge in [-0.1, -0.05) is 0 Å². The zero-order valence-corrected chi connectivity index (χ0v) is 33.4. The maximum absolute atomic E-state index is 12.3. The first-order valence-corrected chi connectivity index (χ1v) is 18.8. The number of hydrogen-bond acceptors (Lipinski definition) is 13. The van der Waals surface area contributed by atoms with Gasteiger partial charge in [0.05, 0.1) is 22.1 Å². The Morgan fingerprint density at radius 1 is 0.755 bits per heavy atom. The van der Waals surface area contributed by atoms with E-state index >= 15 is 0 Å². The van der Waals surface area contributed by atoms with Crippen molar-refractivity contribution in [2.75, 3.05) is 0 Å². The van der Waals surface area contributed by atoms with Crippen LogP contribution in [-0.2, 0) is 9.47 Å². The lowest BCUT2D eigenvalue weighted by molar-refractivity contribution is -0.0504. The Bertz CT molecular complexity index is 2220. The molecule has 0 saturated heterocycles. The highest BCUT2D eigenvalue weighted by atomic mass is 79.9. The van der Waals surface area contributed by atoms with Gasteiger partial charge in [0.1, 0.15) is 22.7 Å². The topological polar surface area (TPSA) is 157 Å². The van der Waals surface area contributed by atoms with Crippen molar-refractivity contribution in [1.82, 2.24) is 29.9 Å². The maximum Gasteiger partial charge on any atom is 0.387 e. The predicted molar refractivity (Wildman–Crippen MR) is 199 cm³/mol. The Kier molecular flexibility index (Phi) is 14.0. The lowest BCUT2D eigenvalue weighted by Gasteiger charge is -2.18. The maximum atomic E-state index is 12.3. The third-order valence-electron chi connectivity index (χ3n) is 5.73. The summed E-state index contributed by atoms with van der Waals surface area (Å²) < 4.78 is 69.0. The van der Waals surface area contributed by atoms with Gasteiger partial charge in [-0.05, 0) is 106 Å². The van der Waals surface area contributed by atoms with Crippen molar-refractivity contribution in [2.45, 2.75) is 75.5 Å². The van der Waals surface area contributed by atoms with Crippen LogP contribution in [0.1, 0.15) is 62.5 Å². The first-order valence-electron chi connectivity index (χ1n) is 15.1. The Morgan fingerprint density at radius 2 is 1.28 bits per heavy atom. The van der Waals surface area contributed by atoms with E-state index in [9.17, 15) is 27.2 Å². The molecule has 0 aliphatic heterocycles.